The quantitative estimate of drug-likeness (QED) is 0.749. The maximum Gasteiger partial charge on any atom is 0.258 e. The lowest BCUT2D eigenvalue weighted by Gasteiger charge is -2.16. The molecule has 7 heteroatoms. The summed E-state index contributed by atoms with van der Waals surface area (Å²) < 4.78 is 16.1. The average molecular weight is 384 g/mol. The normalized spacial score (nSPS) is 11.5. The van der Waals surface area contributed by atoms with Gasteiger partial charge in [-0.05, 0) is 49.4 Å². The molecule has 0 radical (unpaired) electrons. The highest BCUT2D eigenvalue weighted by molar-refractivity contribution is 6.35. The Morgan fingerprint density at radius 1 is 1.08 bits per heavy atom. The molecule has 2 aromatic rings. The largest absolute Gasteiger partial charge is 0.497 e. The van der Waals surface area contributed by atoms with Crippen LogP contribution in [0.4, 0.5) is 0 Å². The maximum absolute atomic E-state index is 11.9. The van der Waals surface area contributed by atoms with Crippen molar-refractivity contribution in [2.75, 3.05) is 20.3 Å². The van der Waals surface area contributed by atoms with Crippen LogP contribution in [0.3, 0.4) is 0 Å². The monoisotopic (exact) mass is 383 g/mol. The van der Waals surface area contributed by atoms with Gasteiger partial charge in [0.05, 0.1) is 18.2 Å². The number of carbonyl (C=O) groups excluding carboxylic acids is 1. The van der Waals surface area contributed by atoms with E-state index >= 15 is 0 Å². The van der Waals surface area contributed by atoms with Gasteiger partial charge in [0, 0.05) is 5.02 Å². The number of methoxy groups -OCH3 is 1. The predicted octanol–water partition coefficient (Wildman–Crippen LogP) is 3.96. The molecule has 134 valence electrons. The standard InChI is InChI=1S/C18H19Cl2NO4/c1-12(10-24-15-6-4-14(23-2)5-7-15)21-18(22)11-25-17-8-3-13(19)9-16(17)20/h3-9,12H,10-11H2,1-2H3,(H,21,22)/t12-/m0/s1. The van der Waals surface area contributed by atoms with Crippen LogP contribution in [-0.2, 0) is 4.79 Å². The highest BCUT2D eigenvalue weighted by Gasteiger charge is 2.10. The fraction of sp³-hybridized carbons (Fsp3) is 0.278. The first-order valence-corrected chi connectivity index (χ1v) is 8.37. The molecule has 0 aliphatic carbocycles. The summed E-state index contributed by atoms with van der Waals surface area (Å²) in [5.74, 6) is 1.60. The molecule has 1 N–H and O–H groups in total. The Morgan fingerprint density at radius 2 is 1.76 bits per heavy atom. The molecule has 0 heterocycles. The number of rotatable bonds is 8. The molecule has 2 aromatic carbocycles. The van der Waals surface area contributed by atoms with E-state index in [0.717, 1.165) is 5.75 Å². The minimum atomic E-state index is -0.267. The zero-order valence-corrected chi connectivity index (χ0v) is 15.4. The van der Waals surface area contributed by atoms with Crippen LogP contribution in [0.15, 0.2) is 42.5 Å². The van der Waals surface area contributed by atoms with Crippen LogP contribution in [-0.4, -0.2) is 32.3 Å². The highest BCUT2D eigenvalue weighted by atomic mass is 35.5. The van der Waals surface area contributed by atoms with Gasteiger partial charge >= 0.3 is 0 Å². The van der Waals surface area contributed by atoms with Gasteiger partial charge in [-0.15, -0.1) is 0 Å². The molecule has 2 rings (SSSR count). The van der Waals surface area contributed by atoms with Gasteiger partial charge in [-0.3, -0.25) is 4.79 Å². The first kappa shape index (κ1) is 19.2. The summed E-state index contributed by atoms with van der Waals surface area (Å²) in [4.78, 5) is 11.9. The van der Waals surface area contributed by atoms with E-state index in [2.05, 4.69) is 5.32 Å². The Kier molecular flexibility index (Phi) is 7.22. The Balaban J connectivity index is 1.73. The number of hydrogen-bond donors (Lipinski definition) is 1. The van der Waals surface area contributed by atoms with Crippen molar-refractivity contribution in [1.82, 2.24) is 5.32 Å². The molecule has 5 nitrogen and oxygen atoms in total. The van der Waals surface area contributed by atoms with Gasteiger partial charge in [0.25, 0.3) is 5.91 Å². The summed E-state index contributed by atoms with van der Waals surface area (Å²) in [5, 5.41) is 3.65. The molecule has 0 aromatic heterocycles. The van der Waals surface area contributed by atoms with Crippen molar-refractivity contribution in [3.8, 4) is 17.2 Å². The number of nitrogens with one attached hydrogen (secondary N) is 1. The summed E-state index contributed by atoms with van der Waals surface area (Å²) in [7, 11) is 1.60. The van der Waals surface area contributed by atoms with Gasteiger partial charge in [-0.1, -0.05) is 23.2 Å². The van der Waals surface area contributed by atoms with Gasteiger partial charge in [0.1, 0.15) is 23.9 Å². The van der Waals surface area contributed by atoms with Crippen molar-refractivity contribution < 1.29 is 19.0 Å². The first-order valence-electron chi connectivity index (χ1n) is 7.62. The number of halogens is 2. The van der Waals surface area contributed by atoms with Crippen molar-refractivity contribution in [3.05, 3.63) is 52.5 Å². The zero-order chi connectivity index (χ0) is 18.2. The number of amides is 1. The van der Waals surface area contributed by atoms with Crippen LogP contribution >= 0.6 is 23.2 Å². The van der Waals surface area contributed by atoms with E-state index in [0.29, 0.717) is 28.2 Å². The summed E-state index contributed by atoms with van der Waals surface area (Å²) >= 11 is 11.8. The molecule has 1 amide bonds. The van der Waals surface area contributed by atoms with Crippen LogP contribution in [0.5, 0.6) is 17.2 Å². The predicted molar refractivity (Wildman–Crippen MR) is 98.1 cm³/mol. The third-order valence-electron chi connectivity index (χ3n) is 3.22. The van der Waals surface area contributed by atoms with Gasteiger partial charge in [-0.25, -0.2) is 0 Å². The summed E-state index contributed by atoms with van der Waals surface area (Å²) in [6.45, 7) is 2.03. The summed E-state index contributed by atoms with van der Waals surface area (Å²) in [5.41, 5.74) is 0. The smallest absolute Gasteiger partial charge is 0.258 e. The third kappa shape index (κ3) is 6.36. The maximum atomic E-state index is 11.9. The second-order valence-electron chi connectivity index (χ2n) is 5.32. The molecule has 0 spiro atoms. The van der Waals surface area contributed by atoms with Crippen LogP contribution in [0.1, 0.15) is 6.92 Å². The molecule has 25 heavy (non-hydrogen) atoms. The molecule has 0 aliphatic rings. The fourth-order valence-corrected chi connectivity index (χ4v) is 2.45. The SMILES string of the molecule is COc1ccc(OC[C@H](C)NC(=O)COc2ccc(Cl)cc2Cl)cc1. The van der Waals surface area contributed by atoms with E-state index < -0.39 is 0 Å². The molecule has 0 aliphatic heterocycles. The number of ether oxygens (including phenoxy) is 3. The lowest BCUT2D eigenvalue weighted by atomic mass is 10.3. The molecule has 0 saturated carbocycles. The van der Waals surface area contributed by atoms with Crippen molar-refractivity contribution in [3.63, 3.8) is 0 Å². The Hall–Kier alpha value is -2.11. The lowest BCUT2D eigenvalue weighted by molar-refractivity contribution is -0.123. The molecule has 0 unspecified atom stereocenters. The van der Waals surface area contributed by atoms with Crippen molar-refractivity contribution in [2.24, 2.45) is 0 Å². The van der Waals surface area contributed by atoms with Crippen LogP contribution in [0.25, 0.3) is 0 Å². The van der Waals surface area contributed by atoms with Gasteiger partial charge in [0.15, 0.2) is 6.61 Å². The van der Waals surface area contributed by atoms with E-state index in [-0.39, 0.29) is 18.6 Å². The molecular formula is C18H19Cl2NO4. The highest BCUT2D eigenvalue weighted by Crippen LogP contribution is 2.27. The Labute approximate surface area is 156 Å². The molecule has 1 atom stereocenters. The van der Waals surface area contributed by atoms with E-state index in [9.17, 15) is 4.79 Å². The van der Waals surface area contributed by atoms with Crippen molar-refractivity contribution in [2.45, 2.75) is 13.0 Å². The van der Waals surface area contributed by atoms with Crippen LogP contribution in [0.2, 0.25) is 10.0 Å². The molecular weight excluding hydrogens is 365 g/mol. The minimum absolute atomic E-state index is 0.145. The third-order valence-corrected chi connectivity index (χ3v) is 3.75. The van der Waals surface area contributed by atoms with E-state index in [1.807, 2.05) is 19.1 Å². The van der Waals surface area contributed by atoms with E-state index in [4.69, 9.17) is 37.4 Å². The number of hydrogen-bond acceptors (Lipinski definition) is 4. The summed E-state index contributed by atoms with van der Waals surface area (Å²) in [6.07, 6.45) is 0. The number of benzene rings is 2. The topological polar surface area (TPSA) is 56.8 Å². The van der Waals surface area contributed by atoms with Crippen LogP contribution in [0, 0.1) is 0 Å². The second kappa shape index (κ2) is 9.39. The van der Waals surface area contributed by atoms with Crippen molar-refractivity contribution in [1.29, 1.82) is 0 Å². The Bertz CT molecular complexity index is 707. The summed E-state index contributed by atoms with van der Waals surface area (Å²) in [6, 6.07) is 11.9. The fourth-order valence-electron chi connectivity index (χ4n) is 1.99. The van der Waals surface area contributed by atoms with E-state index in [1.54, 1.807) is 37.4 Å². The molecule has 0 fully saturated rings. The molecule has 0 saturated heterocycles. The lowest BCUT2D eigenvalue weighted by Crippen LogP contribution is -2.39. The van der Waals surface area contributed by atoms with E-state index in [1.165, 1.54) is 0 Å². The van der Waals surface area contributed by atoms with Crippen molar-refractivity contribution >= 4 is 29.1 Å². The second-order valence-corrected chi connectivity index (χ2v) is 6.16. The Morgan fingerprint density at radius 3 is 2.40 bits per heavy atom. The average Bonchev–Trinajstić information content (AvgIpc) is 2.59. The molecule has 0 bridgehead atoms. The number of carbonyl (C=O) groups is 1. The zero-order valence-electron chi connectivity index (χ0n) is 13.9. The minimum Gasteiger partial charge on any atom is -0.497 e. The van der Waals surface area contributed by atoms with Gasteiger partial charge in [0.2, 0.25) is 0 Å². The van der Waals surface area contributed by atoms with Gasteiger partial charge in [-0.2, -0.15) is 0 Å². The van der Waals surface area contributed by atoms with Crippen LogP contribution < -0.4 is 19.5 Å². The van der Waals surface area contributed by atoms with Gasteiger partial charge < -0.3 is 19.5 Å². The first-order chi connectivity index (χ1) is 12.0.